The summed E-state index contributed by atoms with van der Waals surface area (Å²) in [5.74, 6) is -0.493. The number of ketones is 1. The number of rotatable bonds is 3. The molecule has 1 aromatic carbocycles. The van der Waals surface area contributed by atoms with Gasteiger partial charge in [-0.3, -0.25) is 4.79 Å². The fraction of sp³-hybridized carbons (Fsp3) is 0.100. The zero-order valence-electron chi connectivity index (χ0n) is 7.21. The standard InChI is InChI=1S/C10H9FO2/c1-3-10(12)7-4-8(11)6-9(5-7)13-2/h3-6H,1H2,2H3. The molecule has 0 N–H and O–H groups in total. The van der Waals surface area contributed by atoms with Gasteiger partial charge in [0.25, 0.3) is 0 Å². The number of allylic oxidation sites excluding steroid dienone is 1. The van der Waals surface area contributed by atoms with Crippen LogP contribution in [0.2, 0.25) is 0 Å². The maximum atomic E-state index is 12.8. The van der Waals surface area contributed by atoms with Crippen molar-refractivity contribution in [2.75, 3.05) is 7.11 Å². The van der Waals surface area contributed by atoms with Crippen LogP contribution >= 0.6 is 0 Å². The topological polar surface area (TPSA) is 26.3 Å². The summed E-state index contributed by atoms with van der Waals surface area (Å²) in [5, 5.41) is 0. The van der Waals surface area contributed by atoms with Crippen LogP contribution in [0, 0.1) is 5.82 Å². The molecule has 0 aliphatic rings. The van der Waals surface area contributed by atoms with Crippen molar-refractivity contribution in [3.63, 3.8) is 0 Å². The van der Waals surface area contributed by atoms with Crippen molar-refractivity contribution in [3.05, 3.63) is 42.2 Å². The van der Waals surface area contributed by atoms with Crippen molar-refractivity contribution in [2.24, 2.45) is 0 Å². The monoisotopic (exact) mass is 180 g/mol. The predicted octanol–water partition coefficient (Wildman–Crippen LogP) is 2.20. The first-order valence-corrected chi connectivity index (χ1v) is 3.68. The first-order chi connectivity index (χ1) is 6.17. The molecule has 1 aromatic rings. The molecule has 0 saturated carbocycles. The van der Waals surface area contributed by atoms with E-state index in [2.05, 4.69) is 6.58 Å². The van der Waals surface area contributed by atoms with Crippen LogP contribution < -0.4 is 4.74 Å². The summed E-state index contributed by atoms with van der Waals surface area (Å²) in [5.41, 5.74) is 0.242. The van der Waals surface area contributed by atoms with Crippen LogP contribution in [0.4, 0.5) is 4.39 Å². The van der Waals surface area contributed by atoms with Crippen molar-refractivity contribution in [1.82, 2.24) is 0 Å². The molecule has 1 rings (SSSR count). The van der Waals surface area contributed by atoms with Crippen LogP contribution in [-0.2, 0) is 0 Å². The van der Waals surface area contributed by atoms with Gasteiger partial charge in [0.1, 0.15) is 11.6 Å². The Morgan fingerprint density at radius 3 is 2.77 bits per heavy atom. The molecule has 0 heterocycles. The molecule has 0 radical (unpaired) electrons. The quantitative estimate of drug-likeness (QED) is 0.526. The molecular formula is C10H9FO2. The molecule has 0 unspecified atom stereocenters. The molecular weight excluding hydrogens is 171 g/mol. The molecule has 0 bridgehead atoms. The molecule has 0 amide bonds. The Labute approximate surface area is 75.6 Å². The van der Waals surface area contributed by atoms with Crippen LogP contribution in [0.25, 0.3) is 0 Å². The zero-order chi connectivity index (χ0) is 9.84. The summed E-state index contributed by atoms with van der Waals surface area (Å²) >= 11 is 0. The van der Waals surface area contributed by atoms with Crippen LogP contribution in [0.15, 0.2) is 30.9 Å². The van der Waals surface area contributed by atoms with E-state index in [9.17, 15) is 9.18 Å². The highest BCUT2D eigenvalue weighted by Gasteiger charge is 2.05. The molecule has 0 spiro atoms. The van der Waals surface area contributed by atoms with Crippen LogP contribution in [0.1, 0.15) is 10.4 Å². The van der Waals surface area contributed by atoms with Gasteiger partial charge < -0.3 is 4.74 Å². The fourth-order valence-electron chi connectivity index (χ4n) is 0.941. The van der Waals surface area contributed by atoms with Gasteiger partial charge in [0.2, 0.25) is 0 Å². The van der Waals surface area contributed by atoms with Crippen LogP contribution in [0.5, 0.6) is 5.75 Å². The lowest BCUT2D eigenvalue weighted by molar-refractivity contribution is 0.104. The van der Waals surface area contributed by atoms with E-state index < -0.39 is 5.82 Å². The van der Waals surface area contributed by atoms with Gasteiger partial charge in [-0.15, -0.1) is 0 Å². The summed E-state index contributed by atoms with van der Waals surface area (Å²) in [6.07, 6.45) is 1.13. The van der Waals surface area contributed by atoms with Crippen molar-refractivity contribution >= 4 is 5.78 Å². The van der Waals surface area contributed by atoms with E-state index >= 15 is 0 Å². The highest BCUT2D eigenvalue weighted by atomic mass is 19.1. The van der Waals surface area contributed by atoms with E-state index in [1.807, 2.05) is 0 Å². The fourth-order valence-corrected chi connectivity index (χ4v) is 0.941. The van der Waals surface area contributed by atoms with E-state index in [1.165, 1.54) is 19.2 Å². The second-order valence-electron chi connectivity index (χ2n) is 2.45. The van der Waals surface area contributed by atoms with Crippen molar-refractivity contribution in [1.29, 1.82) is 0 Å². The van der Waals surface area contributed by atoms with Crippen molar-refractivity contribution in [2.45, 2.75) is 0 Å². The van der Waals surface area contributed by atoms with E-state index in [0.29, 0.717) is 5.75 Å². The smallest absolute Gasteiger partial charge is 0.185 e. The lowest BCUT2D eigenvalue weighted by atomic mass is 10.1. The highest BCUT2D eigenvalue weighted by molar-refractivity contribution is 6.04. The van der Waals surface area contributed by atoms with Gasteiger partial charge in [-0.1, -0.05) is 6.58 Å². The molecule has 0 atom stereocenters. The third-order valence-electron chi connectivity index (χ3n) is 1.58. The summed E-state index contributed by atoms with van der Waals surface area (Å²) < 4.78 is 17.6. The van der Waals surface area contributed by atoms with Crippen molar-refractivity contribution < 1.29 is 13.9 Å². The molecule has 0 saturated heterocycles. The normalized spacial score (nSPS) is 9.38. The van der Waals surface area contributed by atoms with Gasteiger partial charge in [0.05, 0.1) is 7.11 Å². The number of carbonyl (C=O) groups is 1. The van der Waals surface area contributed by atoms with Gasteiger partial charge in [-0.2, -0.15) is 0 Å². The number of hydrogen-bond donors (Lipinski definition) is 0. The maximum absolute atomic E-state index is 12.8. The number of halogens is 1. The van der Waals surface area contributed by atoms with E-state index in [1.54, 1.807) is 0 Å². The Hall–Kier alpha value is -1.64. The summed E-state index contributed by atoms with van der Waals surface area (Å²) in [6.45, 7) is 3.31. The van der Waals surface area contributed by atoms with Crippen molar-refractivity contribution in [3.8, 4) is 5.75 Å². The zero-order valence-corrected chi connectivity index (χ0v) is 7.21. The number of hydrogen-bond acceptors (Lipinski definition) is 2. The highest BCUT2D eigenvalue weighted by Crippen LogP contribution is 2.16. The molecule has 0 aromatic heterocycles. The minimum atomic E-state index is -0.496. The van der Waals surface area contributed by atoms with E-state index in [4.69, 9.17) is 4.74 Å². The van der Waals surface area contributed by atoms with Gasteiger partial charge >= 0.3 is 0 Å². The molecule has 3 heteroatoms. The molecule has 13 heavy (non-hydrogen) atoms. The van der Waals surface area contributed by atoms with Gasteiger partial charge in [-0.05, 0) is 18.2 Å². The average molecular weight is 180 g/mol. The first kappa shape index (κ1) is 9.45. The lowest BCUT2D eigenvalue weighted by Gasteiger charge is -2.01. The Kier molecular flexibility index (Phi) is 2.80. The molecule has 0 aliphatic heterocycles. The Bertz CT molecular complexity index is 345. The van der Waals surface area contributed by atoms with Gasteiger partial charge in [0, 0.05) is 11.6 Å². The number of benzene rings is 1. The second kappa shape index (κ2) is 3.85. The molecule has 0 fully saturated rings. The molecule has 68 valence electrons. The Morgan fingerprint density at radius 1 is 1.54 bits per heavy atom. The minimum absolute atomic E-state index is 0.242. The first-order valence-electron chi connectivity index (χ1n) is 3.68. The summed E-state index contributed by atoms with van der Waals surface area (Å²) in [7, 11) is 1.41. The SMILES string of the molecule is C=CC(=O)c1cc(F)cc(OC)c1. The number of carbonyl (C=O) groups excluding carboxylic acids is 1. The van der Waals surface area contributed by atoms with E-state index in [-0.39, 0.29) is 11.3 Å². The number of ether oxygens (including phenoxy) is 1. The van der Waals surface area contributed by atoms with Gasteiger partial charge in [-0.25, -0.2) is 4.39 Å². The maximum Gasteiger partial charge on any atom is 0.185 e. The number of methoxy groups -OCH3 is 1. The second-order valence-corrected chi connectivity index (χ2v) is 2.45. The molecule has 0 aliphatic carbocycles. The predicted molar refractivity (Wildman–Crippen MR) is 47.5 cm³/mol. The largest absolute Gasteiger partial charge is 0.497 e. The van der Waals surface area contributed by atoms with E-state index in [0.717, 1.165) is 12.1 Å². The average Bonchev–Trinajstić information content (AvgIpc) is 2.15. The Balaban J connectivity index is 3.15. The minimum Gasteiger partial charge on any atom is -0.497 e. The van der Waals surface area contributed by atoms with Crippen LogP contribution in [0.3, 0.4) is 0 Å². The van der Waals surface area contributed by atoms with Gasteiger partial charge in [0.15, 0.2) is 5.78 Å². The lowest BCUT2D eigenvalue weighted by Crippen LogP contribution is -1.96. The third kappa shape index (κ3) is 2.15. The summed E-state index contributed by atoms with van der Waals surface area (Å²) in [6, 6.07) is 3.82. The molecule has 2 nitrogen and oxygen atoms in total. The Morgan fingerprint density at radius 2 is 2.23 bits per heavy atom. The summed E-state index contributed by atoms with van der Waals surface area (Å²) in [4.78, 5) is 11.1. The van der Waals surface area contributed by atoms with Crippen LogP contribution in [-0.4, -0.2) is 12.9 Å². The third-order valence-corrected chi connectivity index (χ3v) is 1.58.